The molecule has 13 heteroatoms. The zero-order valence-corrected chi connectivity index (χ0v) is 22.6. The summed E-state index contributed by atoms with van der Waals surface area (Å²) in [6.07, 6.45) is -2.32. The van der Waals surface area contributed by atoms with Gasteiger partial charge in [-0.25, -0.2) is 0 Å². The highest BCUT2D eigenvalue weighted by Crippen LogP contribution is 2.70. The fourth-order valence-electron chi connectivity index (χ4n) is 6.87. The lowest BCUT2D eigenvalue weighted by Crippen LogP contribution is -2.65. The van der Waals surface area contributed by atoms with Crippen LogP contribution in [0.25, 0.3) is 0 Å². The molecule has 2 spiro atoms. The summed E-state index contributed by atoms with van der Waals surface area (Å²) in [5, 5.41) is 0. The number of amides is 2. The van der Waals surface area contributed by atoms with Gasteiger partial charge in [-0.2, -0.15) is 0 Å². The second kappa shape index (κ2) is 7.46. The Kier molecular flexibility index (Phi) is 5.23. The van der Waals surface area contributed by atoms with Crippen molar-refractivity contribution in [3.8, 4) is 0 Å². The Morgan fingerprint density at radius 1 is 1.05 bits per heavy atom. The second-order valence-corrected chi connectivity index (χ2v) is 12.7. The SMILES string of the molecule is CC(=O)OC[C@]12SC3(C[C@]4(OC(C)=O)[C@@H](C[C@]5(O[C@H](C)C(C)(C)C5=O)[C@H]4OC(C)=O)N3C1=O)C(=O)N2C. The van der Waals surface area contributed by atoms with Crippen molar-refractivity contribution < 1.29 is 47.7 Å². The fraction of sp³-hybridized carbons (Fsp3) is 0.750. The molecule has 1 aliphatic carbocycles. The molecule has 12 nitrogen and oxygen atoms in total. The molecule has 2 amide bonds. The minimum Gasteiger partial charge on any atom is -0.462 e. The van der Waals surface area contributed by atoms with Gasteiger partial charge < -0.3 is 28.7 Å². The van der Waals surface area contributed by atoms with Gasteiger partial charge in [0.2, 0.25) is 4.87 Å². The molecule has 0 N–H and O–H groups in total. The van der Waals surface area contributed by atoms with Gasteiger partial charge in [0.05, 0.1) is 17.6 Å². The predicted molar refractivity (Wildman–Crippen MR) is 124 cm³/mol. The number of ether oxygens (including phenoxy) is 4. The van der Waals surface area contributed by atoms with Gasteiger partial charge in [-0.1, -0.05) is 25.6 Å². The zero-order valence-electron chi connectivity index (χ0n) is 21.7. The van der Waals surface area contributed by atoms with Gasteiger partial charge >= 0.3 is 17.9 Å². The van der Waals surface area contributed by atoms with Gasteiger partial charge in [-0.15, -0.1) is 0 Å². The van der Waals surface area contributed by atoms with E-state index in [-0.39, 0.29) is 25.2 Å². The lowest BCUT2D eigenvalue weighted by molar-refractivity contribution is -0.202. The van der Waals surface area contributed by atoms with E-state index in [1.54, 1.807) is 20.8 Å². The Bertz CT molecular complexity index is 1170. The number of piperazine rings is 1. The Hall–Kier alpha value is -2.67. The molecule has 0 aromatic carbocycles. The molecule has 0 radical (unpaired) electrons. The number of likely N-dealkylation sites (N-methyl/N-ethyl adjacent to an activating group) is 1. The average Bonchev–Trinajstić information content (AvgIpc) is 3.40. The van der Waals surface area contributed by atoms with Crippen LogP contribution < -0.4 is 0 Å². The van der Waals surface area contributed by atoms with Crippen molar-refractivity contribution in [2.24, 2.45) is 5.41 Å². The number of rotatable bonds is 4. The molecule has 7 atom stereocenters. The first-order valence-corrected chi connectivity index (χ1v) is 12.9. The zero-order chi connectivity index (χ0) is 27.5. The quantitative estimate of drug-likeness (QED) is 0.356. The summed E-state index contributed by atoms with van der Waals surface area (Å²) in [5.74, 6) is -3.35. The molecule has 37 heavy (non-hydrogen) atoms. The van der Waals surface area contributed by atoms with Crippen molar-refractivity contribution in [2.45, 2.75) is 93.6 Å². The maximum Gasteiger partial charge on any atom is 0.303 e. The topological polar surface area (TPSA) is 146 Å². The smallest absolute Gasteiger partial charge is 0.303 e. The molecule has 5 fully saturated rings. The van der Waals surface area contributed by atoms with Crippen LogP contribution in [0.4, 0.5) is 0 Å². The van der Waals surface area contributed by atoms with Crippen LogP contribution in [0.15, 0.2) is 0 Å². The maximum absolute atomic E-state index is 14.1. The van der Waals surface area contributed by atoms with E-state index >= 15 is 0 Å². The Morgan fingerprint density at radius 3 is 2.22 bits per heavy atom. The Labute approximate surface area is 217 Å². The fourth-order valence-corrected chi connectivity index (χ4v) is 8.78. The molecule has 4 heterocycles. The highest BCUT2D eigenvalue weighted by molar-refractivity contribution is 8.04. The van der Waals surface area contributed by atoms with Crippen LogP contribution in [0.2, 0.25) is 0 Å². The van der Waals surface area contributed by atoms with Crippen LogP contribution in [-0.2, 0) is 47.7 Å². The highest BCUT2D eigenvalue weighted by Gasteiger charge is 2.88. The van der Waals surface area contributed by atoms with Crippen molar-refractivity contribution in [1.29, 1.82) is 0 Å². The van der Waals surface area contributed by atoms with Gasteiger partial charge in [-0.3, -0.25) is 28.8 Å². The van der Waals surface area contributed by atoms with Crippen molar-refractivity contribution in [3.05, 3.63) is 0 Å². The number of carbonyl (C=O) groups is 6. The van der Waals surface area contributed by atoms with E-state index in [1.807, 2.05) is 0 Å². The minimum atomic E-state index is -1.72. The largest absolute Gasteiger partial charge is 0.462 e. The molecule has 5 rings (SSSR count). The molecule has 1 saturated carbocycles. The molecule has 0 aromatic heterocycles. The number of esters is 3. The molecule has 202 valence electrons. The molecule has 2 bridgehead atoms. The van der Waals surface area contributed by atoms with Crippen molar-refractivity contribution in [1.82, 2.24) is 9.80 Å². The highest BCUT2D eigenvalue weighted by atomic mass is 32.2. The number of hydrogen-bond donors (Lipinski definition) is 0. The summed E-state index contributed by atoms with van der Waals surface area (Å²) >= 11 is 1.02. The number of ketones is 1. The van der Waals surface area contributed by atoms with Crippen molar-refractivity contribution in [2.75, 3.05) is 13.7 Å². The summed E-state index contributed by atoms with van der Waals surface area (Å²) in [6, 6.07) is -1.01. The average molecular weight is 539 g/mol. The number of hydrogen-bond acceptors (Lipinski definition) is 11. The predicted octanol–water partition coefficient (Wildman–Crippen LogP) is 0.152. The first-order valence-electron chi connectivity index (χ1n) is 12.1. The van der Waals surface area contributed by atoms with Crippen LogP contribution in [0, 0.1) is 5.41 Å². The first kappa shape index (κ1) is 26.0. The number of carbonyl (C=O) groups excluding carboxylic acids is 6. The molecule has 4 aliphatic heterocycles. The summed E-state index contributed by atoms with van der Waals surface area (Å²) in [6.45, 7) is 8.36. The van der Waals surface area contributed by atoms with E-state index in [9.17, 15) is 28.8 Å². The maximum atomic E-state index is 14.1. The molecular weight excluding hydrogens is 508 g/mol. The second-order valence-electron chi connectivity index (χ2n) is 11.1. The van der Waals surface area contributed by atoms with Gasteiger partial charge in [0.15, 0.2) is 28.0 Å². The third kappa shape index (κ3) is 2.89. The van der Waals surface area contributed by atoms with Crippen LogP contribution >= 0.6 is 11.8 Å². The van der Waals surface area contributed by atoms with Crippen LogP contribution in [-0.4, -0.2) is 98.2 Å². The van der Waals surface area contributed by atoms with E-state index in [0.717, 1.165) is 11.8 Å². The monoisotopic (exact) mass is 538 g/mol. The Morgan fingerprint density at radius 2 is 1.70 bits per heavy atom. The van der Waals surface area contributed by atoms with Crippen LogP contribution in [0.5, 0.6) is 0 Å². The van der Waals surface area contributed by atoms with E-state index in [2.05, 4.69) is 0 Å². The lowest BCUT2D eigenvalue weighted by Gasteiger charge is -2.40. The minimum absolute atomic E-state index is 0.139. The molecule has 1 unspecified atom stereocenters. The van der Waals surface area contributed by atoms with Gasteiger partial charge in [0, 0.05) is 40.7 Å². The molecular formula is C24H30N2O10S. The molecule has 4 saturated heterocycles. The number of nitrogens with zero attached hydrogens (tertiary/aromatic N) is 2. The number of thioether (sulfide) groups is 1. The number of fused-ring (bicyclic) bond motifs is 3. The number of Topliss-reactive ketones (excluding diaryl/α,β-unsaturated/α-hetero) is 1. The van der Waals surface area contributed by atoms with E-state index in [0.29, 0.717) is 0 Å². The molecule has 5 aliphatic rings. The van der Waals surface area contributed by atoms with E-state index in [1.165, 1.54) is 37.6 Å². The lowest BCUT2D eigenvalue weighted by atomic mass is 9.76. The van der Waals surface area contributed by atoms with Crippen LogP contribution in [0.3, 0.4) is 0 Å². The first-order chi connectivity index (χ1) is 17.0. The van der Waals surface area contributed by atoms with Crippen LogP contribution in [0.1, 0.15) is 54.4 Å². The summed E-state index contributed by atoms with van der Waals surface area (Å²) in [7, 11) is 1.45. The van der Waals surface area contributed by atoms with Gasteiger partial charge in [0.25, 0.3) is 11.8 Å². The summed E-state index contributed by atoms with van der Waals surface area (Å²) < 4.78 is 23.1. The van der Waals surface area contributed by atoms with E-state index < -0.39 is 74.3 Å². The Balaban J connectivity index is 1.68. The third-order valence-corrected chi connectivity index (χ3v) is 10.4. The molecule has 0 aromatic rings. The van der Waals surface area contributed by atoms with E-state index in [4.69, 9.17) is 18.9 Å². The third-order valence-electron chi connectivity index (χ3n) is 8.68. The summed E-state index contributed by atoms with van der Waals surface area (Å²) in [5.41, 5.74) is -4.37. The van der Waals surface area contributed by atoms with Gasteiger partial charge in [0.1, 0.15) is 6.61 Å². The van der Waals surface area contributed by atoms with Crippen molar-refractivity contribution in [3.63, 3.8) is 0 Å². The normalized spacial score (nSPS) is 42.9. The van der Waals surface area contributed by atoms with Gasteiger partial charge in [-0.05, 0) is 6.92 Å². The standard InChI is InChI=1S/C24H30N2O10S/c1-11-20(5,6)16(30)21(35-11)8-15-22(36-14(4)29,17(21)34-13(3)28)9-23-18(31)25(7)24(37-23,10-33-12(2)27)19(32)26(15)23/h11,15,17H,8-10H2,1-7H3/t11-,15-,17-,21-,22+,23?,24+/m1/s1. The summed E-state index contributed by atoms with van der Waals surface area (Å²) in [4.78, 5) is 77.7. The van der Waals surface area contributed by atoms with Crippen molar-refractivity contribution >= 4 is 47.3 Å².